The maximum atomic E-state index is 12.7. The number of carbonyl (C=O) groups is 2. The van der Waals surface area contributed by atoms with Gasteiger partial charge in [-0.25, -0.2) is 0 Å². The predicted octanol–water partition coefficient (Wildman–Crippen LogP) is 3.32. The molecule has 3 aromatic rings. The quantitative estimate of drug-likeness (QED) is 0.394. The van der Waals surface area contributed by atoms with E-state index in [9.17, 15) is 14.7 Å². The number of aliphatic hydroxyl groups is 1. The molecule has 2 aliphatic rings. The molecule has 2 amide bonds. The largest absolute Gasteiger partial charge is 0.392 e. The number of amides is 2. The lowest BCUT2D eigenvalue weighted by Crippen LogP contribution is -2.44. The highest BCUT2D eigenvalue weighted by Gasteiger charge is 2.27. The molecule has 35 heavy (non-hydrogen) atoms. The van der Waals surface area contributed by atoms with Crippen molar-refractivity contribution in [3.8, 4) is 11.1 Å². The second-order valence-electron chi connectivity index (χ2n) is 8.94. The van der Waals surface area contributed by atoms with Crippen molar-refractivity contribution in [2.75, 3.05) is 43.4 Å². The molecule has 0 atom stereocenters. The first kappa shape index (κ1) is 22.8. The Morgan fingerprint density at radius 3 is 2.23 bits per heavy atom. The summed E-state index contributed by atoms with van der Waals surface area (Å²) in [5, 5.41) is 14.9. The summed E-state index contributed by atoms with van der Waals surface area (Å²) < 4.78 is 0. The van der Waals surface area contributed by atoms with Crippen molar-refractivity contribution in [3.05, 3.63) is 89.6 Å². The molecule has 0 radical (unpaired) electrons. The van der Waals surface area contributed by atoms with Crippen LogP contribution in [0.1, 0.15) is 21.5 Å². The molecule has 0 aliphatic carbocycles. The Balaban J connectivity index is 1.39. The number of likely N-dealkylation sites (N-methyl/N-ethyl adjacent to an activating group) is 1. The Kier molecular flexibility index (Phi) is 6.35. The zero-order valence-corrected chi connectivity index (χ0v) is 19.6. The third-order valence-corrected chi connectivity index (χ3v) is 6.61. The zero-order chi connectivity index (χ0) is 24.4. The standard InChI is InChI=1S/C28H28N4O3/c1-31-12-14-32(15-13-31)23-9-7-22(8-10-23)29-17-26-25-16-21(20-4-2-19(18-33)3-5-20)6-11-24(25)27(34)30-28(26)35/h2-11,16-17,29,33H,12-15,18H2,1H3,(H,30,34,35). The van der Waals surface area contributed by atoms with Crippen molar-refractivity contribution in [2.45, 2.75) is 6.61 Å². The van der Waals surface area contributed by atoms with Gasteiger partial charge in [-0.1, -0.05) is 30.3 Å². The fourth-order valence-electron chi connectivity index (χ4n) is 4.44. The molecule has 2 heterocycles. The molecule has 2 aliphatic heterocycles. The Labute approximate surface area is 204 Å². The van der Waals surface area contributed by atoms with E-state index < -0.39 is 11.8 Å². The van der Waals surface area contributed by atoms with Crippen LogP contribution in [0.4, 0.5) is 11.4 Å². The number of nitrogens with zero attached hydrogens (tertiary/aromatic N) is 2. The number of carbonyl (C=O) groups excluding carboxylic acids is 2. The molecule has 7 nitrogen and oxygen atoms in total. The van der Waals surface area contributed by atoms with E-state index >= 15 is 0 Å². The van der Waals surface area contributed by atoms with Crippen LogP contribution in [0.15, 0.2) is 72.9 Å². The Morgan fingerprint density at radius 2 is 1.54 bits per heavy atom. The summed E-state index contributed by atoms with van der Waals surface area (Å²) in [4.78, 5) is 29.9. The summed E-state index contributed by atoms with van der Waals surface area (Å²) in [5.74, 6) is -0.835. The maximum absolute atomic E-state index is 12.7. The van der Waals surface area contributed by atoms with Crippen LogP contribution in [0, 0.1) is 0 Å². The van der Waals surface area contributed by atoms with Crippen LogP contribution in [0.5, 0.6) is 0 Å². The van der Waals surface area contributed by atoms with Gasteiger partial charge in [0.05, 0.1) is 12.2 Å². The van der Waals surface area contributed by atoms with Gasteiger partial charge in [0.25, 0.3) is 11.8 Å². The van der Waals surface area contributed by atoms with E-state index in [-0.39, 0.29) is 6.61 Å². The fourth-order valence-corrected chi connectivity index (χ4v) is 4.44. The van der Waals surface area contributed by atoms with Gasteiger partial charge in [0.15, 0.2) is 0 Å². The summed E-state index contributed by atoms with van der Waals surface area (Å²) in [6.07, 6.45) is 1.66. The molecule has 0 unspecified atom stereocenters. The lowest BCUT2D eigenvalue weighted by Gasteiger charge is -2.34. The van der Waals surface area contributed by atoms with E-state index in [1.165, 1.54) is 5.69 Å². The molecule has 0 bridgehead atoms. The number of hydrogen-bond donors (Lipinski definition) is 3. The number of anilines is 2. The van der Waals surface area contributed by atoms with Gasteiger partial charge in [-0.3, -0.25) is 14.9 Å². The summed E-state index contributed by atoms with van der Waals surface area (Å²) in [6.45, 7) is 4.08. The van der Waals surface area contributed by atoms with Gasteiger partial charge in [0.1, 0.15) is 0 Å². The first-order valence-electron chi connectivity index (χ1n) is 11.7. The number of piperazine rings is 1. The van der Waals surface area contributed by atoms with Crippen LogP contribution in [0.25, 0.3) is 16.7 Å². The topological polar surface area (TPSA) is 84.9 Å². The number of aliphatic hydroxyl groups excluding tert-OH is 1. The van der Waals surface area contributed by atoms with Crippen molar-refractivity contribution < 1.29 is 14.7 Å². The molecular weight excluding hydrogens is 440 g/mol. The normalized spacial score (nSPS) is 17.3. The highest BCUT2D eigenvalue weighted by atomic mass is 16.3. The highest BCUT2D eigenvalue weighted by Crippen LogP contribution is 2.30. The molecule has 0 spiro atoms. The minimum absolute atomic E-state index is 0.0198. The van der Waals surface area contributed by atoms with Gasteiger partial charge in [-0.15, -0.1) is 0 Å². The van der Waals surface area contributed by atoms with Crippen LogP contribution in [0.2, 0.25) is 0 Å². The first-order chi connectivity index (χ1) is 17.0. The summed E-state index contributed by atoms with van der Waals surface area (Å²) >= 11 is 0. The number of hydrogen-bond acceptors (Lipinski definition) is 6. The summed E-state index contributed by atoms with van der Waals surface area (Å²) in [6, 6.07) is 21.2. The van der Waals surface area contributed by atoms with E-state index in [0.29, 0.717) is 16.7 Å². The fraction of sp³-hybridized carbons (Fsp3) is 0.214. The van der Waals surface area contributed by atoms with E-state index in [2.05, 4.69) is 39.6 Å². The Morgan fingerprint density at radius 1 is 0.857 bits per heavy atom. The van der Waals surface area contributed by atoms with Gasteiger partial charge in [0.2, 0.25) is 0 Å². The zero-order valence-electron chi connectivity index (χ0n) is 19.6. The predicted molar refractivity (Wildman–Crippen MR) is 138 cm³/mol. The molecular formula is C28H28N4O3. The van der Waals surface area contributed by atoms with Crippen molar-refractivity contribution in [3.63, 3.8) is 0 Å². The molecule has 178 valence electrons. The van der Waals surface area contributed by atoms with Crippen molar-refractivity contribution in [1.82, 2.24) is 10.2 Å². The van der Waals surface area contributed by atoms with Gasteiger partial charge < -0.3 is 20.2 Å². The first-order valence-corrected chi connectivity index (χ1v) is 11.7. The number of fused-ring (bicyclic) bond motifs is 1. The van der Waals surface area contributed by atoms with Gasteiger partial charge in [-0.05, 0) is 60.1 Å². The van der Waals surface area contributed by atoms with E-state index in [0.717, 1.165) is 48.6 Å². The van der Waals surface area contributed by atoms with E-state index in [1.54, 1.807) is 12.3 Å². The number of imide groups is 1. The van der Waals surface area contributed by atoms with Gasteiger partial charge in [0, 0.05) is 54.9 Å². The van der Waals surface area contributed by atoms with Crippen LogP contribution >= 0.6 is 0 Å². The third-order valence-electron chi connectivity index (χ3n) is 6.61. The van der Waals surface area contributed by atoms with Crippen molar-refractivity contribution >= 4 is 28.8 Å². The smallest absolute Gasteiger partial charge is 0.260 e. The van der Waals surface area contributed by atoms with Crippen molar-refractivity contribution in [2.24, 2.45) is 0 Å². The molecule has 7 heteroatoms. The molecule has 3 aromatic carbocycles. The molecule has 0 aromatic heterocycles. The number of nitrogens with one attached hydrogen (secondary N) is 2. The Bertz CT molecular complexity index is 1270. The second kappa shape index (κ2) is 9.74. The minimum Gasteiger partial charge on any atom is -0.392 e. The lowest BCUT2D eigenvalue weighted by atomic mass is 9.91. The molecule has 1 fully saturated rings. The van der Waals surface area contributed by atoms with Crippen LogP contribution in [0.3, 0.4) is 0 Å². The van der Waals surface area contributed by atoms with Crippen LogP contribution in [-0.2, 0) is 11.4 Å². The monoisotopic (exact) mass is 468 g/mol. The van der Waals surface area contributed by atoms with E-state index in [1.807, 2.05) is 48.5 Å². The number of rotatable bonds is 5. The SMILES string of the molecule is CN1CCN(c2ccc(NC=C3C(=O)NC(=O)c4ccc(-c5ccc(CO)cc5)cc43)cc2)CC1. The van der Waals surface area contributed by atoms with Gasteiger partial charge >= 0.3 is 0 Å². The lowest BCUT2D eigenvalue weighted by molar-refractivity contribution is -0.114. The van der Waals surface area contributed by atoms with E-state index in [4.69, 9.17) is 0 Å². The number of benzene rings is 3. The average Bonchev–Trinajstić information content (AvgIpc) is 2.89. The molecule has 1 saturated heterocycles. The molecule has 5 rings (SSSR count). The third kappa shape index (κ3) is 4.82. The summed E-state index contributed by atoms with van der Waals surface area (Å²) in [5.41, 5.74) is 6.13. The minimum atomic E-state index is -0.433. The second-order valence-corrected chi connectivity index (χ2v) is 8.94. The molecule has 0 saturated carbocycles. The highest BCUT2D eigenvalue weighted by molar-refractivity contribution is 6.31. The van der Waals surface area contributed by atoms with Crippen LogP contribution < -0.4 is 15.5 Å². The molecule has 3 N–H and O–H groups in total. The maximum Gasteiger partial charge on any atom is 0.260 e. The van der Waals surface area contributed by atoms with Gasteiger partial charge in [-0.2, -0.15) is 0 Å². The Hall–Kier alpha value is -3.94. The van der Waals surface area contributed by atoms with Crippen LogP contribution in [-0.4, -0.2) is 55.0 Å². The summed E-state index contributed by atoms with van der Waals surface area (Å²) in [7, 11) is 2.14. The average molecular weight is 469 g/mol. The van der Waals surface area contributed by atoms with Crippen molar-refractivity contribution in [1.29, 1.82) is 0 Å².